The maximum absolute atomic E-state index is 8.96. The number of hydrogen-bond acceptors (Lipinski definition) is 1. The molecule has 0 aliphatic heterocycles. The van der Waals surface area contributed by atoms with Gasteiger partial charge in [-0.15, -0.1) is 0 Å². The summed E-state index contributed by atoms with van der Waals surface area (Å²) in [6, 6.07) is 0. The Balaban J connectivity index is 3.89. The Morgan fingerprint density at radius 2 is 1.40 bits per heavy atom. The summed E-state index contributed by atoms with van der Waals surface area (Å²) in [6.07, 6.45) is 1.07. The molecule has 0 heterocycles. The monoisotopic (exact) mass is 144 g/mol. The van der Waals surface area contributed by atoms with Gasteiger partial charge >= 0.3 is 0 Å². The van der Waals surface area contributed by atoms with E-state index in [-0.39, 0.29) is 12.0 Å². The van der Waals surface area contributed by atoms with Gasteiger partial charge in [0.2, 0.25) is 0 Å². The van der Waals surface area contributed by atoms with Gasteiger partial charge in [0.1, 0.15) is 0 Å². The molecule has 0 saturated heterocycles. The molecule has 0 radical (unpaired) electrons. The first-order chi connectivity index (χ1) is 4.27. The van der Waals surface area contributed by atoms with Crippen molar-refractivity contribution in [2.75, 3.05) is 6.61 Å². The minimum absolute atomic E-state index is 0.0816. The van der Waals surface area contributed by atoms with Crippen LogP contribution in [0.4, 0.5) is 0 Å². The van der Waals surface area contributed by atoms with Crippen molar-refractivity contribution in [2.45, 2.75) is 41.0 Å². The summed E-state index contributed by atoms with van der Waals surface area (Å²) >= 11 is 0. The zero-order valence-corrected chi connectivity index (χ0v) is 7.86. The van der Waals surface area contributed by atoms with Crippen molar-refractivity contribution >= 4 is 0 Å². The first kappa shape index (κ1) is 9.96. The van der Waals surface area contributed by atoms with Crippen LogP contribution in [-0.2, 0) is 0 Å². The van der Waals surface area contributed by atoms with Crippen LogP contribution in [0.5, 0.6) is 0 Å². The lowest BCUT2D eigenvalue weighted by Crippen LogP contribution is -2.23. The molecule has 0 aliphatic rings. The van der Waals surface area contributed by atoms with Gasteiger partial charge in [-0.2, -0.15) is 0 Å². The molecule has 62 valence electrons. The zero-order chi connectivity index (χ0) is 8.41. The first-order valence-corrected chi connectivity index (χ1v) is 3.88. The van der Waals surface area contributed by atoms with Gasteiger partial charge in [-0.3, -0.25) is 0 Å². The summed E-state index contributed by atoms with van der Waals surface area (Å²) in [5.74, 6) is 0. The second-order valence-corrected chi connectivity index (χ2v) is 5.06. The van der Waals surface area contributed by atoms with Crippen molar-refractivity contribution in [1.29, 1.82) is 0 Å². The Bertz CT molecular complexity index is 97.8. The van der Waals surface area contributed by atoms with Gasteiger partial charge in [0.25, 0.3) is 0 Å². The third-order valence-corrected chi connectivity index (χ3v) is 1.44. The van der Waals surface area contributed by atoms with Crippen molar-refractivity contribution in [1.82, 2.24) is 0 Å². The van der Waals surface area contributed by atoms with E-state index in [1.807, 2.05) is 0 Å². The van der Waals surface area contributed by atoms with Gasteiger partial charge in [-0.25, -0.2) is 0 Å². The molecule has 1 heteroatoms. The van der Waals surface area contributed by atoms with Crippen LogP contribution in [0.1, 0.15) is 41.0 Å². The minimum atomic E-state index is 0.0816. The highest BCUT2D eigenvalue weighted by Gasteiger charge is 2.24. The van der Waals surface area contributed by atoms with E-state index in [1.54, 1.807) is 0 Å². The molecule has 0 bridgehead atoms. The number of aliphatic hydroxyl groups is 1. The molecular formula is C9H20O. The third kappa shape index (κ3) is 4.80. The summed E-state index contributed by atoms with van der Waals surface area (Å²) in [7, 11) is 0. The van der Waals surface area contributed by atoms with Crippen LogP contribution < -0.4 is 0 Å². The Morgan fingerprint density at radius 1 is 1.00 bits per heavy atom. The van der Waals surface area contributed by atoms with Crippen molar-refractivity contribution in [2.24, 2.45) is 10.8 Å². The average molecular weight is 144 g/mol. The van der Waals surface area contributed by atoms with E-state index in [1.165, 1.54) is 0 Å². The summed E-state index contributed by atoms with van der Waals surface area (Å²) in [5, 5.41) is 8.96. The van der Waals surface area contributed by atoms with Crippen LogP contribution in [-0.4, -0.2) is 11.7 Å². The van der Waals surface area contributed by atoms with E-state index in [9.17, 15) is 0 Å². The summed E-state index contributed by atoms with van der Waals surface area (Å²) < 4.78 is 0. The maximum atomic E-state index is 8.96. The SMILES string of the molecule is CC(C)(C)CC(C)(C)CO. The van der Waals surface area contributed by atoms with Gasteiger partial charge in [-0.05, 0) is 17.3 Å². The van der Waals surface area contributed by atoms with E-state index in [0.29, 0.717) is 5.41 Å². The molecule has 0 fully saturated rings. The number of hydrogen-bond donors (Lipinski definition) is 1. The fraction of sp³-hybridized carbons (Fsp3) is 1.00. The van der Waals surface area contributed by atoms with Crippen LogP contribution in [0.15, 0.2) is 0 Å². The van der Waals surface area contributed by atoms with Gasteiger partial charge in [0.15, 0.2) is 0 Å². The molecular weight excluding hydrogens is 124 g/mol. The van der Waals surface area contributed by atoms with Crippen LogP contribution >= 0.6 is 0 Å². The quantitative estimate of drug-likeness (QED) is 0.631. The van der Waals surface area contributed by atoms with E-state index in [0.717, 1.165) is 6.42 Å². The molecule has 0 spiro atoms. The first-order valence-electron chi connectivity index (χ1n) is 3.88. The van der Waals surface area contributed by atoms with Crippen LogP contribution in [0.3, 0.4) is 0 Å². The van der Waals surface area contributed by atoms with Crippen LogP contribution in [0, 0.1) is 10.8 Å². The zero-order valence-electron chi connectivity index (χ0n) is 7.86. The van der Waals surface area contributed by atoms with Crippen molar-refractivity contribution in [3.05, 3.63) is 0 Å². The average Bonchev–Trinajstić information content (AvgIpc) is 1.60. The second-order valence-electron chi connectivity index (χ2n) is 5.06. The van der Waals surface area contributed by atoms with Gasteiger partial charge < -0.3 is 5.11 Å². The van der Waals surface area contributed by atoms with Gasteiger partial charge in [-0.1, -0.05) is 34.6 Å². The fourth-order valence-electron chi connectivity index (χ4n) is 1.49. The highest BCUT2D eigenvalue weighted by atomic mass is 16.3. The lowest BCUT2D eigenvalue weighted by Gasteiger charge is -2.30. The summed E-state index contributed by atoms with van der Waals surface area (Å²) in [6.45, 7) is 11.1. The van der Waals surface area contributed by atoms with Crippen molar-refractivity contribution in [3.8, 4) is 0 Å². The molecule has 0 saturated carbocycles. The molecule has 0 amide bonds. The Morgan fingerprint density at radius 3 is 1.50 bits per heavy atom. The van der Waals surface area contributed by atoms with Crippen molar-refractivity contribution < 1.29 is 5.11 Å². The smallest absolute Gasteiger partial charge is 0.0482 e. The van der Waals surface area contributed by atoms with Crippen molar-refractivity contribution in [3.63, 3.8) is 0 Å². The van der Waals surface area contributed by atoms with Gasteiger partial charge in [0.05, 0.1) is 0 Å². The molecule has 0 aromatic rings. The normalized spacial score (nSPS) is 13.8. The molecule has 0 rings (SSSR count). The predicted molar refractivity (Wildman–Crippen MR) is 44.9 cm³/mol. The second kappa shape index (κ2) is 2.91. The van der Waals surface area contributed by atoms with Crippen LogP contribution in [0.2, 0.25) is 0 Å². The molecule has 1 N–H and O–H groups in total. The molecule has 10 heavy (non-hydrogen) atoms. The maximum Gasteiger partial charge on any atom is 0.0482 e. The van der Waals surface area contributed by atoms with E-state index < -0.39 is 0 Å². The topological polar surface area (TPSA) is 20.2 Å². The molecule has 0 unspecified atom stereocenters. The van der Waals surface area contributed by atoms with E-state index >= 15 is 0 Å². The minimum Gasteiger partial charge on any atom is -0.396 e. The third-order valence-electron chi connectivity index (χ3n) is 1.44. The highest BCUT2D eigenvalue weighted by Crippen LogP contribution is 2.32. The molecule has 0 aromatic heterocycles. The van der Waals surface area contributed by atoms with Crippen LogP contribution in [0.25, 0.3) is 0 Å². The molecule has 0 atom stereocenters. The summed E-state index contributed by atoms with van der Waals surface area (Å²) in [5.41, 5.74) is 0.407. The summed E-state index contributed by atoms with van der Waals surface area (Å²) in [4.78, 5) is 0. The lowest BCUT2D eigenvalue weighted by atomic mass is 9.77. The number of rotatable bonds is 2. The van der Waals surface area contributed by atoms with E-state index in [2.05, 4.69) is 34.6 Å². The Hall–Kier alpha value is -0.0400. The van der Waals surface area contributed by atoms with Gasteiger partial charge in [0, 0.05) is 6.61 Å². The Kier molecular flexibility index (Phi) is 2.90. The molecule has 0 aromatic carbocycles. The molecule has 1 nitrogen and oxygen atoms in total. The fourth-order valence-corrected chi connectivity index (χ4v) is 1.49. The molecule has 0 aliphatic carbocycles. The number of aliphatic hydroxyl groups excluding tert-OH is 1. The standard InChI is InChI=1S/C9H20O/c1-8(2,3)6-9(4,5)7-10/h10H,6-7H2,1-5H3. The van der Waals surface area contributed by atoms with E-state index in [4.69, 9.17) is 5.11 Å². The lowest BCUT2D eigenvalue weighted by molar-refractivity contribution is 0.110. The Labute approximate surface area is 64.5 Å². The highest BCUT2D eigenvalue weighted by molar-refractivity contribution is 4.74. The largest absolute Gasteiger partial charge is 0.396 e. The predicted octanol–water partition coefficient (Wildman–Crippen LogP) is 2.44.